The third kappa shape index (κ3) is 5.00. The fourth-order valence-electron chi connectivity index (χ4n) is 5.95. The van der Waals surface area contributed by atoms with E-state index in [1.807, 2.05) is 18.2 Å². The van der Waals surface area contributed by atoms with Crippen LogP contribution in [-0.2, 0) is 16.0 Å². The first-order valence-corrected chi connectivity index (χ1v) is 13.8. The first-order chi connectivity index (χ1) is 19.1. The summed E-state index contributed by atoms with van der Waals surface area (Å²) in [5.74, 6) is -0.423. The number of hydrogen-bond donors (Lipinski definition) is 2. The molecule has 5 aromatic rings. The number of benzene rings is 5. The van der Waals surface area contributed by atoms with E-state index in [1.165, 1.54) is 37.9 Å². The maximum Gasteiger partial charge on any atom is 0.247 e. The molecule has 1 atom stereocenters. The van der Waals surface area contributed by atoms with Gasteiger partial charge >= 0.3 is 0 Å². The van der Waals surface area contributed by atoms with Crippen molar-refractivity contribution in [2.75, 3.05) is 37.7 Å². The summed E-state index contributed by atoms with van der Waals surface area (Å²) < 4.78 is 0. The Labute approximate surface area is 228 Å². The minimum absolute atomic E-state index is 0.206. The van der Waals surface area contributed by atoms with Gasteiger partial charge in [-0.05, 0) is 62.9 Å². The molecule has 0 unspecified atom stereocenters. The molecule has 0 aromatic heterocycles. The van der Waals surface area contributed by atoms with Crippen LogP contribution in [0.25, 0.3) is 32.3 Å². The lowest BCUT2D eigenvalue weighted by molar-refractivity contribution is -0.137. The van der Waals surface area contributed by atoms with Crippen molar-refractivity contribution in [1.29, 1.82) is 0 Å². The van der Waals surface area contributed by atoms with Crippen LogP contribution in [0.15, 0.2) is 84.9 Å². The topological polar surface area (TPSA) is 72.9 Å². The highest BCUT2D eigenvalue weighted by Crippen LogP contribution is 2.36. The van der Waals surface area contributed by atoms with E-state index in [0.29, 0.717) is 25.9 Å². The van der Waals surface area contributed by atoms with Crippen molar-refractivity contribution in [3.8, 4) is 0 Å². The van der Waals surface area contributed by atoms with Gasteiger partial charge in [-0.3, -0.25) is 9.59 Å². The molecule has 6 heteroatoms. The highest BCUT2D eigenvalue weighted by molar-refractivity contribution is 6.23. The predicted molar refractivity (Wildman–Crippen MR) is 157 cm³/mol. The van der Waals surface area contributed by atoms with Crippen LogP contribution in [-0.4, -0.2) is 60.6 Å². The van der Waals surface area contributed by atoms with E-state index in [1.54, 1.807) is 4.90 Å². The number of nitrogens with zero attached hydrogens (tertiary/aromatic N) is 2. The molecule has 5 aromatic carbocycles. The third-order valence-electron chi connectivity index (χ3n) is 8.00. The summed E-state index contributed by atoms with van der Waals surface area (Å²) in [6.07, 6.45) is 1.73. The Balaban J connectivity index is 1.05. The highest BCUT2D eigenvalue weighted by atomic mass is 16.3. The Kier molecular flexibility index (Phi) is 7.03. The van der Waals surface area contributed by atoms with Crippen LogP contribution in [0.2, 0.25) is 0 Å². The molecule has 0 aliphatic carbocycles. The number of nitrogens with one attached hydrogen (secondary N) is 1. The van der Waals surface area contributed by atoms with Crippen molar-refractivity contribution >= 4 is 49.8 Å². The van der Waals surface area contributed by atoms with E-state index < -0.39 is 12.6 Å². The number of aliphatic hydroxyl groups is 1. The molecule has 1 fully saturated rings. The molecule has 0 radical (unpaired) electrons. The number of anilines is 1. The number of amides is 2. The fraction of sp³-hybridized carbons (Fsp3) is 0.273. The average molecular weight is 520 g/mol. The quantitative estimate of drug-likeness (QED) is 0.291. The number of piperazine rings is 1. The van der Waals surface area contributed by atoms with E-state index >= 15 is 0 Å². The molecule has 0 bridgehead atoms. The smallest absolute Gasteiger partial charge is 0.247 e. The van der Waals surface area contributed by atoms with Gasteiger partial charge in [0.25, 0.3) is 0 Å². The number of hydrogen-bond acceptors (Lipinski definition) is 4. The van der Waals surface area contributed by atoms with Crippen molar-refractivity contribution in [3.05, 3.63) is 90.5 Å². The summed E-state index contributed by atoms with van der Waals surface area (Å²) in [5.41, 5.74) is 2.36. The molecule has 39 heavy (non-hydrogen) atoms. The minimum Gasteiger partial charge on any atom is -0.394 e. The van der Waals surface area contributed by atoms with Crippen LogP contribution < -0.4 is 10.2 Å². The van der Waals surface area contributed by atoms with Gasteiger partial charge in [0.05, 0.1) is 6.61 Å². The van der Waals surface area contributed by atoms with Crippen molar-refractivity contribution in [2.45, 2.75) is 25.3 Å². The van der Waals surface area contributed by atoms with E-state index in [9.17, 15) is 14.7 Å². The fourth-order valence-corrected chi connectivity index (χ4v) is 5.95. The Morgan fingerprint density at radius 1 is 0.769 bits per heavy atom. The molecule has 6 rings (SSSR count). The molecule has 1 aliphatic heterocycles. The first-order valence-electron chi connectivity index (χ1n) is 13.8. The molecular formula is C33H33N3O3. The lowest BCUT2D eigenvalue weighted by atomic mass is 9.90. The van der Waals surface area contributed by atoms with Crippen molar-refractivity contribution in [3.63, 3.8) is 0 Å². The zero-order chi connectivity index (χ0) is 26.8. The standard InChI is InChI=1S/C33H33N3O3/c37-22-29(33(39)36-20-18-35(19-21-36)27-9-2-1-3-10-27)34-30(38)11-5-6-23-12-13-26-15-14-24-7-4-8-25-16-17-28(23)32(26)31(24)25/h1-4,7-10,12-17,29,37H,5-6,11,18-22H2,(H,34,38)/t29-/m0/s1. The molecule has 1 heterocycles. The van der Waals surface area contributed by atoms with Crippen LogP contribution >= 0.6 is 0 Å². The number of carbonyl (C=O) groups is 2. The van der Waals surface area contributed by atoms with Crippen LogP contribution in [0, 0.1) is 0 Å². The third-order valence-corrected chi connectivity index (χ3v) is 8.00. The van der Waals surface area contributed by atoms with Crippen molar-refractivity contribution in [2.24, 2.45) is 0 Å². The first kappa shape index (κ1) is 25.1. The molecule has 6 nitrogen and oxygen atoms in total. The van der Waals surface area contributed by atoms with Crippen molar-refractivity contribution < 1.29 is 14.7 Å². The van der Waals surface area contributed by atoms with E-state index in [4.69, 9.17) is 0 Å². The van der Waals surface area contributed by atoms with Crippen LogP contribution in [0.4, 0.5) is 5.69 Å². The number of carbonyl (C=O) groups excluding carboxylic acids is 2. The van der Waals surface area contributed by atoms with Crippen LogP contribution in [0.5, 0.6) is 0 Å². The number of aliphatic hydroxyl groups excluding tert-OH is 1. The molecule has 0 saturated carbocycles. The Hall–Kier alpha value is -4.16. The molecule has 1 aliphatic rings. The maximum atomic E-state index is 13.0. The summed E-state index contributed by atoms with van der Waals surface area (Å²) in [7, 11) is 0. The largest absolute Gasteiger partial charge is 0.394 e. The Bertz CT molecular complexity index is 1590. The SMILES string of the molecule is O=C(CCCc1ccc2ccc3cccc4ccc1c2c34)N[C@@H](CO)C(=O)N1CCN(c2ccccc2)CC1. The Morgan fingerprint density at radius 3 is 2.15 bits per heavy atom. The monoisotopic (exact) mass is 519 g/mol. The number of aryl methyl sites for hydroxylation is 1. The average Bonchev–Trinajstić information content (AvgIpc) is 2.99. The maximum absolute atomic E-state index is 13.0. The lowest BCUT2D eigenvalue weighted by Gasteiger charge is -2.37. The molecular weight excluding hydrogens is 486 g/mol. The van der Waals surface area contributed by atoms with E-state index in [2.05, 4.69) is 76.9 Å². The van der Waals surface area contributed by atoms with Gasteiger partial charge in [0, 0.05) is 38.3 Å². The van der Waals surface area contributed by atoms with Crippen molar-refractivity contribution in [1.82, 2.24) is 10.2 Å². The summed E-state index contributed by atoms with van der Waals surface area (Å²) in [6, 6.07) is 28.7. The molecule has 198 valence electrons. The van der Waals surface area contributed by atoms with Gasteiger partial charge in [0.15, 0.2) is 0 Å². The highest BCUT2D eigenvalue weighted by Gasteiger charge is 2.28. The second-order valence-corrected chi connectivity index (χ2v) is 10.4. The second-order valence-electron chi connectivity index (χ2n) is 10.4. The molecule has 2 N–H and O–H groups in total. The molecule has 2 amide bonds. The van der Waals surface area contributed by atoms with Gasteiger partial charge in [-0.1, -0.05) is 72.8 Å². The summed E-state index contributed by atoms with van der Waals surface area (Å²) in [5, 5.41) is 20.2. The normalized spacial score (nSPS) is 14.8. The van der Waals surface area contributed by atoms with Gasteiger partial charge in [-0.15, -0.1) is 0 Å². The Morgan fingerprint density at radius 2 is 1.44 bits per heavy atom. The van der Waals surface area contributed by atoms with Gasteiger partial charge in [-0.25, -0.2) is 0 Å². The zero-order valence-electron chi connectivity index (χ0n) is 22.0. The van der Waals surface area contributed by atoms with Gasteiger partial charge in [0.2, 0.25) is 11.8 Å². The predicted octanol–water partition coefficient (Wildman–Crippen LogP) is 4.73. The van der Waals surface area contributed by atoms with E-state index in [-0.39, 0.29) is 11.8 Å². The van der Waals surface area contributed by atoms with E-state index in [0.717, 1.165) is 25.2 Å². The zero-order valence-corrected chi connectivity index (χ0v) is 22.0. The molecule has 1 saturated heterocycles. The second kappa shape index (κ2) is 10.9. The van der Waals surface area contributed by atoms with Gasteiger partial charge in [0.1, 0.15) is 6.04 Å². The number of rotatable bonds is 8. The summed E-state index contributed by atoms with van der Waals surface area (Å²) >= 11 is 0. The van der Waals surface area contributed by atoms with Crippen LogP contribution in [0.1, 0.15) is 18.4 Å². The summed E-state index contributed by atoms with van der Waals surface area (Å²) in [6.45, 7) is 2.17. The summed E-state index contributed by atoms with van der Waals surface area (Å²) in [4.78, 5) is 29.8. The number of para-hydroxylation sites is 1. The van der Waals surface area contributed by atoms with Gasteiger partial charge < -0.3 is 20.2 Å². The van der Waals surface area contributed by atoms with Crippen LogP contribution in [0.3, 0.4) is 0 Å². The minimum atomic E-state index is -0.907. The molecule has 0 spiro atoms. The van der Waals surface area contributed by atoms with Gasteiger partial charge in [-0.2, -0.15) is 0 Å². The lowest BCUT2D eigenvalue weighted by Crippen LogP contribution is -2.56.